The fourth-order valence-corrected chi connectivity index (χ4v) is 2.51. The summed E-state index contributed by atoms with van der Waals surface area (Å²) in [6, 6.07) is 4.01. The Morgan fingerprint density at radius 3 is 2.36 bits per heavy atom. The molecule has 0 N–H and O–H groups in total. The van der Waals surface area contributed by atoms with E-state index in [1.165, 1.54) is 0 Å². The van der Waals surface area contributed by atoms with Gasteiger partial charge in [-0.15, -0.1) is 0 Å². The molecule has 2 atom stereocenters. The van der Waals surface area contributed by atoms with Crippen LogP contribution in [0.3, 0.4) is 0 Å². The van der Waals surface area contributed by atoms with Crippen LogP contribution in [0, 0.1) is 12.3 Å². The third-order valence-corrected chi connectivity index (χ3v) is 3.79. The molecular weight excluding hydrogens is 280 g/mol. The van der Waals surface area contributed by atoms with Crippen LogP contribution in [-0.2, 0) is 9.47 Å². The molecule has 1 aromatic rings. The lowest BCUT2D eigenvalue weighted by Crippen LogP contribution is -2.30. The number of ether oxygens (including phenoxy) is 4. The van der Waals surface area contributed by atoms with Gasteiger partial charge in [-0.05, 0) is 30.7 Å². The second-order valence-electron chi connectivity index (χ2n) is 6.67. The predicted molar refractivity (Wildman–Crippen MR) is 86.4 cm³/mol. The van der Waals surface area contributed by atoms with Crippen LogP contribution < -0.4 is 9.47 Å². The molecule has 0 radical (unpaired) electrons. The smallest absolute Gasteiger partial charge is 0.203 e. The zero-order valence-corrected chi connectivity index (χ0v) is 14.3. The summed E-state index contributed by atoms with van der Waals surface area (Å²) in [5.41, 5.74) is 2.01. The van der Waals surface area contributed by atoms with Gasteiger partial charge in [0.2, 0.25) is 6.29 Å². The van der Waals surface area contributed by atoms with Gasteiger partial charge >= 0.3 is 0 Å². The molecule has 0 spiro atoms. The summed E-state index contributed by atoms with van der Waals surface area (Å²) in [6.07, 6.45) is 3.49. The molecule has 122 valence electrons. The second-order valence-corrected chi connectivity index (χ2v) is 6.67. The Kier molecular flexibility index (Phi) is 5.01. The molecule has 0 bridgehead atoms. The molecule has 2 unspecified atom stereocenters. The van der Waals surface area contributed by atoms with Crippen molar-refractivity contribution in [3.05, 3.63) is 35.6 Å². The normalized spacial score (nSPS) is 21.9. The minimum Gasteiger partial charge on any atom is -0.496 e. The van der Waals surface area contributed by atoms with Gasteiger partial charge < -0.3 is 18.9 Å². The Morgan fingerprint density at radius 2 is 1.77 bits per heavy atom. The number of rotatable bonds is 3. The average Bonchev–Trinajstić information content (AvgIpc) is 2.72. The zero-order valence-electron chi connectivity index (χ0n) is 14.3. The van der Waals surface area contributed by atoms with E-state index in [0.29, 0.717) is 6.61 Å². The average molecular weight is 306 g/mol. The summed E-state index contributed by atoms with van der Waals surface area (Å²) in [5, 5.41) is 0. The lowest BCUT2D eigenvalue weighted by molar-refractivity contribution is -0.159. The molecule has 22 heavy (non-hydrogen) atoms. The molecule has 1 heterocycles. The van der Waals surface area contributed by atoms with Crippen molar-refractivity contribution in [2.75, 3.05) is 20.8 Å². The van der Waals surface area contributed by atoms with Crippen molar-refractivity contribution in [3.8, 4) is 11.5 Å². The highest BCUT2D eigenvalue weighted by molar-refractivity contribution is 5.48. The van der Waals surface area contributed by atoms with Crippen molar-refractivity contribution in [2.45, 2.75) is 39.9 Å². The minimum absolute atomic E-state index is 0.0665. The summed E-state index contributed by atoms with van der Waals surface area (Å²) in [5.74, 6) is 1.75. The van der Waals surface area contributed by atoms with E-state index in [-0.39, 0.29) is 17.6 Å². The molecule has 1 aromatic carbocycles. The topological polar surface area (TPSA) is 36.9 Å². The third kappa shape index (κ3) is 3.55. The number of benzene rings is 1. The van der Waals surface area contributed by atoms with Gasteiger partial charge in [0.15, 0.2) is 0 Å². The van der Waals surface area contributed by atoms with Crippen LogP contribution in [0.2, 0.25) is 0 Å². The van der Waals surface area contributed by atoms with Gasteiger partial charge in [0.05, 0.1) is 27.1 Å². The highest BCUT2D eigenvalue weighted by Gasteiger charge is 2.30. The van der Waals surface area contributed by atoms with E-state index in [0.717, 1.165) is 22.6 Å². The Balaban J connectivity index is 2.29. The van der Waals surface area contributed by atoms with Gasteiger partial charge in [0, 0.05) is 16.9 Å². The Bertz CT molecular complexity index is 543. The van der Waals surface area contributed by atoms with E-state index in [1.807, 2.05) is 25.1 Å². The summed E-state index contributed by atoms with van der Waals surface area (Å²) < 4.78 is 22.6. The highest BCUT2D eigenvalue weighted by atomic mass is 16.7. The maximum atomic E-state index is 5.96. The van der Waals surface area contributed by atoms with Crippen LogP contribution in [-0.4, -0.2) is 27.1 Å². The fraction of sp³-hybridized carbons (Fsp3) is 0.556. The van der Waals surface area contributed by atoms with Crippen molar-refractivity contribution in [1.82, 2.24) is 0 Å². The predicted octanol–water partition coefficient (Wildman–Crippen LogP) is 4.03. The molecule has 0 aliphatic carbocycles. The van der Waals surface area contributed by atoms with E-state index >= 15 is 0 Å². The standard InChI is InChI=1S/C18H26O4/c1-12-9-16(20-6)14(10-15(12)19-5)13-7-8-21-17(22-11-13)18(2,3)4/h7-10,13,17H,11H2,1-6H3. The molecule has 4 nitrogen and oxygen atoms in total. The monoisotopic (exact) mass is 306 g/mol. The van der Waals surface area contributed by atoms with Crippen LogP contribution in [0.5, 0.6) is 11.5 Å². The fourth-order valence-electron chi connectivity index (χ4n) is 2.51. The Labute approximate surface area is 133 Å². The number of methoxy groups -OCH3 is 2. The van der Waals surface area contributed by atoms with Crippen molar-refractivity contribution >= 4 is 0 Å². The van der Waals surface area contributed by atoms with Crippen LogP contribution in [0.15, 0.2) is 24.5 Å². The number of hydrogen-bond donors (Lipinski definition) is 0. The Morgan fingerprint density at radius 1 is 1.09 bits per heavy atom. The molecule has 1 aliphatic heterocycles. The largest absolute Gasteiger partial charge is 0.496 e. The second kappa shape index (κ2) is 6.61. The SMILES string of the molecule is COc1cc(C2C=COC(C(C)(C)C)OC2)c(OC)cc1C. The third-order valence-electron chi connectivity index (χ3n) is 3.79. The summed E-state index contributed by atoms with van der Waals surface area (Å²) in [7, 11) is 3.36. The quantitative estimate of drug-likeness (QED) is 0.845. The number of hydrogen-bond acceptors (Lipinski definition) is 4. The van der Waals surface area contributed by atoms with E-state index in [2.05, 4.69) is 20.8 Å². The van der Waals surface area contributed by atoms with Gasteiger partial charge in [-0.2, -0.15) is 0 Å². The molecule has 1 aliphatic rings. The van der Waals surface area contributed by atoms with Crippen molar-refractivity contribution in [3.63, 3.8) is 0 Å². The maximum Gasteiger partial charge on any atom is 0.203 e. The first-order chi connectivity index (χ1) is 10.4. The lowest BCUT2D eigenvalue weighted by atomic mass is 9.95. The van der Waals surface area contributed by atoms with Crippen LogP contribution in [0.25, 0.3) is 0 Å². The molecule has 2 rings (SSSR count). The summed E-state index contributed by atoms with van der Waals surface area (Å²) >= 11 is 0. The number of aryl methyl sites for hydroxylation is 1. The highest BCUT2D eigenvalue weighted by Crippen LogP contribution is 2.36. The molecule has 0 aromatic heterocycles. The van der Waals surface area contributed by atoms with E-state index in [9.17, 15) is 0 Å². The van der Waals surface area contributed by atoms with Gasteiger partial charge in [-0.1, -0.05) is 20.8 Å². The van der Waals surface area contributed by atoms with E-state index in [1.54, 1.807) is 20.5 Å². The van der Waals surface area contributed by atoms with Gasteiger partial charge in [-0.3, -0.25) is 0 Å². The molecule has 0 saturated heterocycles. The first-order valence-corrected chi connectivity index (χ1v) is 7.53. The molecule has 0 fully saturated rings. The van der Waals surface area contributed by atoms with Gasteiger partial charge in [0.1, 0.15) is 11.5 Å². The van der Waals surface area contributed by atoms with Gasteiger partial charge in [-0.25, -0.2) is 0 Å². The zero-order chi connectivity index (χ0) is 16.3. The lowest BCUT2D eigenvalue weighted by Gasteiger charge is -2.29. The van der Waals surface area contributed by atoms with Gasteiger partial charge in [0.25, 0.3) is 0 Å². The molecule has 0 amide bonds. The van der Waals surface area contributed by atoms with Crippen molar-refractivity contribution in [2.24, 2.45) is 5.41 Å². The first kappa shape index (κ1) is 16.7. The van der Waals surface area contributed by atoms with Crippen LogP contribution >= 0.6 is 0 Å². The minimum atomic E-state index is -0.257. The summed E-state index contributed by atoms with van der Waals surface area (Å²) in [4.78, 5) is 0. The first-order valence-electron chi connectivity index (χ1n) is 7.53. The molecular formula is C18H26O4. The Hall–Kier alpha value is -1.68. The van der Waals surface area contributed by atoms with E-state index in [4.69, 9.17) is 18.9 Å². The summed E-state index contributed by atoms with van der Waals surface area (Å²) in [6.45, 7) is 8.84. The maximum absolute atomic E-state index is 5.96. The molecule has 4 heteroatoms. The van der Waals surface area contributed by atoms with Crippen molar-refractivity contribution < 1.29 is 18.9 Å². The van der Waals surface area contributed by atoms with Crippen LogP contribution in [0.4, 0.5) is 0 Å². The van der Waals surface area contributed by atoms with Crippen LogP contribution in [0.1, 0.15) is 37.8 Å². The van der Waals surface area contributed by atoms with Crippen molar-refractivity contribution in [1.29, 1.82) is 0 Å². The molecule has 0 saturated carbocycles. The van der Waals surface area contributed by atoms with E-state index < -0.39 is 0 Å².